The molecule has 0 aliphatic rings. The number of hydrogen-bond acceptors (Lipinski definition) is 5. The van der Waals surface area contributed by atoms with Gasteiger partial charge in [0.1, 0.15) is 0 Å². The summed E-state index contributed by atoms with van der Waals surface area (Å²) in [6.07, 6.45) is 0. The number of nitro groups is 1. The van der Waals surface area contributed by atoms with Gasteiger partial charge in [0.15, 0.2) is 0 Å². The summed E-state index contributed by atoms with van der Waals surface area (Å²) >= 11 is 3.15. The standard InChI is InChI=1S/C13H12BrN3O3/c1-20-13-4-2-3-10(16-13)8-15-9-5-6-11(14)12(7-9)17(18)19/h2-7,15H,8H2,1H3. The molecule has 6 nitrogen and oxygen atoms in total. The molecule has 0 atom stereocenters. The van der Waals surface area contributed by atoms with Gasteiger partial charge in [0.05, 0.1) is 28.7 Å². The van der Waals surface area contributed by atoms with E-state index in [1.54, 1.807) is 25.3 Å². The van der Waals surface area contributed by atoms with Gasteiger partial charge in [-0.15, -0.1) is 0 Å². The molecule has 2 rings (SSSR count). The highest BCUT2D eigenvalue weighted by atomic mass is 79.9. The van der Waals surface area contributed by atoms with E-state index in [1.807, 2.05) is 12.1 Å². The van der Waals surface area contributed by atoms with Crippen molar-refractivity contribution in [1.82, 2.24) is 4.98 Å². The van der Waals surface area contributed by atoms with Crippen LogP contribution in [0.3, 0.4) is 0 Å². The number of halogens is 1. The molecule has 0 aliphatic carbocycles. The summed E-state index contributed by atoms with van der Waals surface area (Å²) in [5.74, 6) is 0.533. The number of anilines is 1. The molecule has 1 aromatic heterocycles. The van der Waals surface area contributed by atoms with Crippen LogP contribution < -0.4 is 10.1 Å². The van der Waals surface area contributed by atoms with Gasteiger partial charge in [0.2, 0.25) is 5.88 Å². The highest BCUT2D eigenvalue weighted by Gasteiger charge is 2.12. The van der Waals surface area contributed by atoms with E-state index in [0.29, 0.717) is 22.6 Å². The van der Waals surface area contributed by atoms with Crippen LogP contribution in [0.2, 0.25) is 0 Å². The predicted octanol–water partition coefficient (Wildman–Crippen LogP) is 3.37. The van der Waals surface area contributed by atoms with Crippen LogP contribution in [0.25, 0.3) is 0 Å². The average Bonchev–Trinajstić information content (AvgIpc) is 2.46. The summed E-state index contributed by atoms with van der Waals surface area (Å²) in [6, 6.07) is 10.3. The molecule has 0 bridgehead atoms. The fourth-order valence-corrected chi connectivity index (χ4v) is 2.02. The van der Waals surface area contributed by atoms with Crippen LogP contribution in [0, 0.1) is 10.1 Å². The zero-order chi connectivity index (χ0) is 14.5. The molecule has 104 valence electrons. The lowest BCUT2D eigenvalue weighted by Gasteiger charge is -2.07. The van der Waals surface area contributed by atoms with Crippen LogP contribution in [0.1, 0.15) is 5.69 Å². The Morgan fingerprint density at radius 3 is 2.90 bits per heavy atom. The molecule has 1 aromatic carbocycles. The van der Waals surface area contributed by atoms with Crippen molar-refractivity contribution in [1.29, 1.82) is 0 Å². The molecule has 0 spiro atoms. The molecule has 0 aliphatic heterocycles. The van der Waals surface area contributed by atoms with Crippen LogP contribution >= 0.6 is 15.9 Å². The minimum absolute atomic E-state index is 0.0219. The number of rotatable bonds is 5. The molecule has 0 saturated heterocycles. The fourth-order valence-electron chi connectivity index (χ4n) is 1.62. The molecule has 20 heavy (non-hydrogen) atoms. The van der Waals surface area contributed by atoms with Crippen molar-refractivity contribution in [3.8, 4) is 5.88 Å². The average molecular weight is 338 g/mol. The molecular formula is C13H12BrN3O3. The lowest BCUT2D eigenvalue weighted by atomic mass is 10.2. The Morgan fingerprint density at radius 2 is 2.20 bits per heavy atom. The third-order valence-electron chi connectivity index (χ3n) is 2.61. The largest absolute Gasteiger partial charge is 0.481 e. The van der Waals surface area contributed by atoms with Crippen molar-refractivity contribution in [3.05, 3.63) is 56.7 Å². The monoisotopic (exact) mass is 337 g/mol. The molecule has 0 saturated carbocycles. The van der Waals surface area contributed by atoms with Crippen LogP contribution in [-0.4, -0.2) is 17.0 Å². The molecule has 1 N–H and O–H groups in total. The quantitative estimate of drug-likeness (QED) is 0.668. The van der Waals surface area contributed by atoms with Gasteiger partial charge in [0.25, 0.3) is 5.69 Å². The van der Waals surface area contributed by atoms with Crippen LogP contribution in [0.5, 0.6) is 5.88 Å². The van der Waals surface area contributed by atoms with E-state index >= 15 is 0 Å². The number of ether oxygens (including phenoxy) is 1. The van der Waals surface area contributed by atoms with Crippen molar-refractivity contribution in [2.24, 2.45) is 0 Å². The summed E-state index contributed by atoms with van der Waals surface area (Å²) in [4.78, 5) is 14.7. The van der Waals surface area contributed by atoms with Crippen LogP contribution in [0.4, 0.5) is 11.4 Å². The van der Waals surface area contributed by atoms with Gasteiger partial charge in [-0.2, -0.15) is 0 Å². The fraction of sp³-hybridized carbons (Fsp3) is 0.154. The van der Waals surface area contributed by atoms with Crippen molar-refractivity contribution in [2.45, 2.75) is 6.54 Å². The Hall–Kier alpha value is -2.15. The summed E-state index contributed by atoms with van der Waals surface area (Å²) in [5, 5.41) is 13.9. The Bertz CT molecular complexity index is 634. The van der Waals surface area contributed by atoms with Crippen molar-refractivity contribution < 1.29 is 9.66 Å². The molecule has 0 radical (unpaired) electrons. The third kappa shape index (κ3) is 3.45. The smallest absolute Gasteiger partial charge is 0.285 e. The maximum absolute atomic E-state index is 10.9. The molecule has 0 unspecified atom stereocenters. The van der Waals surface area contributed by atoms with E-state index < -0.39 is 4.92 Å². The lowest BCUT2D eigenvalue weighted by molar-refractivity contribution is -0.385. The number of pyridine rings is 1. The number of hydrogen-bond donors (Lipinski definition) is 1. The molecule has 1 heterocycles. The van der Waals surface area contributed by atoms with Gasteiger partial charge in [-0.3, -0.25) is 10.1 Å². The second-order valence-corrected chi connectivity index (χ2v) is 4.80. The van der Waals surface area contributed by atoms with Gasteiger partial charge in [-0.05, 0) is 34.1 Å². The number of nitrogens with zero attached hydrogens (tertiary/aromatic N) is 2. The Labute approximate surface area is 124 Å². The molecule has 7 heteroatoms. The first-order valence-electron chi connectivity index (χ1n) is 5.78. The summed E-state index contributed by atoms with van der Waals surface area (Å²) in [7, 11) is 1.55. The molecular weight excluding hydrogens is 326 g/mol. The zero-order valence-electron chi connectivity index (χ0n) is 10.7. The molecule has 0 amide bonds. The van der Waals surface area contributed by atoms with Crippen molar-refractivity contribution >= 4 is 27.3 Å². The summed E-state index contributed by atoms with van der Waals surface area (Å²) < 4.78 is 5.49. The highest BCUT2D eigenvalue weighted by Crippen LogP contribution is 2.27. The highest BCUT2D eigenvalue weighted by molar-refractivity contribution is 9.10. The SMILES string of the molecule is COc1cccc(CNc2ccc(Br)c([N+](=O)[O-])c2)n1. The van der Waals surface area contributed by atoms with Crippen LogP contribution in [0.15, 0.2) is 40.9 Å². The van der Waals surface area contributed by atoms with E-state index in [2.05, 4.69) is 26.2 Å². The topological polar surface area (TPSA) is 77.3 Å². The van der Waals surface area contributed by atoms with Gasteiger partial charge < -0.3 is 10.1 Å². The number of nitrogens with one attached hydrogen (secondary N) is 1. The first kappa shape index (κ1) is 14.3. The van der Waals surface area contributed by atoms with Crippen LogP contribution in [-0.2, 0) is 6.54 Å². The number of aromatic nitrogens is 1. The number of methoxy groups -OCH3 is 1. The van der Waals surface area contributed by atoms with Gasteiger partial charge in [-0.25, -0.2) is 4.98 Å². The van der Waals surface area contributed by atoms with Gasteiger partial charge in [-0.1, -0.05) is 6.07 Å². The van der Waals surface area contributed by atoms with E-state index in [0.717, 1.165) is 5.69 Å². The van der Waals surface area contributed by atoms with Gasteiger partial charge >= 0.3 is 0 Å². The van der Waals surface area contributed by atoms with Crippen molar-refractivity contribution in [2.75, 3.05) is 12.4 Å². The first-order chi connectivity index (χ1) is 9.60. The van der Waals surface area contributed by atoms with Gasteiger partial charge in [0, 0.05) is 17.8 Å². The lowest BCUT2D eigenvalue weighted by Crippen LogP contribution is -2.03. The summed E-state index contributed by atoms with van der Waals surface area (Å²) in [6.45, 7) is 0.454. The van der Waals surface area contributed by atoms with Crippen molar-refractivity contribution in [3.63, 3.8) is 0 Å². The normalized spacial score (nSPS) is 10.1. The first-order valence-corrected chi connectivity index (χ1v) is 6.57. The predicted molar refractivity (Wildman–Crippen MR) is 78.9 cm³/mol. The maximum atomic E-state index is 10.9. The molecule has 0 fully saturated rings. The summed E-state index contributed by atoms with van der Waals surface area (Å²) in [5.41, 5.74) is 1.47. The third-order valence-corrected chi connectivity index (χ3v) is 3.28. The Balaban J connectivity index is 2.10. The Kier molecular flexibility index (Phi) is 4.52. The Morgan fingerprint density at radius 1 is 1.40 bits per heavy atom. The zero-order valence-corrected chi connectivity index (χ0v) is 12.3. The number of nitro benzene ring substituents is 1. The minimum Gasteiger partial charge on any atom is -0.481 e. The van der Waals surface area contributed by atoms with E-state index in [-0.39, 0.29) is 5.69 Å². The second-order valence-electron chi connectivity index (χ2n) is 3.95. The maximum Gasteiger partial charge on any atom is 0.285 e. The minimum atomic E-state index is -0.431. The molecule has 2 aromatic rings. The second kappa shape index (κ2) is 6.33. The van der Waals surface area contributed by atoms with E-state index in [4.69, 9.17) is 4.74 Å². The van der Waals surface area contributed by atoms with E-state index in [1.165, 1.54) is 6.07 Å². The number of benzene rings is 1. The van der Waals surface area contributed by atoms with E-state index in [9.17, 15) is 10.1 Å².